The summed E-state index contributed by atoms with van der Waals surface area (Å²) < 4.78 is 0. The van der Waals surface area contributed by atoms with E-state index in [-0.39, 0.29) is 24.3 Å². The van der Waals surface area contributed by atoms with Gasteiger partial charge in [-0.05, 0) is 5.92 Å². The number of carbonyl (C=O) groups is 2. The first-order valence-electron chi connectivity index (χ1n) is 4.23. The minimum absolute atomic E-state index is 0.0181. The maximum Gasteiger partial charge on any atom is 0.239 e. The molecule has 0 rings (SSSR count). The molecule has 4 N–H and O–H groups in total. The van der Waals surface area contributed by atoms with E-state index in [1.807, 2.05) is 13.8 Å². The van der Waals surface area contributed by atoms with Gasteiger partial charge in [-0.15, -0.1) is 0 Å². The van der Waals surface area contributed by atoms with Crippen LogP contribution in [-0.2, 0) is 9.59 Å². The zero-order chi connectivity index (χ0) is 10.4. The maximum atomic E-state index is 11.2. The van der Waals surface area contributed by atoms with E-state index < -0.39 is 6.04 Å². The number of nitrogens with one attached hydrogen (secondary N) is 2. The average molecular weight is 187 g/mol. The molecule has 5 heteroatoms. The highest BCUT2D eigenvalue weighted by Crippen LogP contribution is 1.96. The lowest BCUT2D eigenvalue weighted by Crippen LogP contribution is -2.46. The Bertz CT molecular complexity index is 192. The summed E-state index contributed by atoms with van der Waals surface area (Å²) >= 11 is 0. The predicted molar refractivity (Wildman–Crippen MR) is 49.9 cm³/mol. The van der Waals surface area contributed by atoms with Crippen LogP contribution >= 0.6 is 0 Å². The molecule has 1 atom stereocenters. The molecule has 0 bridgehead atoms. The van der Waals surface area contributed by atoms with Gasteiger partial charge in [0.15, 0.2) is 0 Å². The molecule has 2 amide bonds. The molecule has 0 aliphatic heterocycles. The van der Waals surface area contributed by atoms with E-state index in [0.717, 1.165) is 0 Å². The van der Waals surface area contributed by atoms with Gasteiger partial charge in [0.1, 0.15) is 0 Å². The van der Waals surface area contributed by atoms with Gasteiger partial charge in [-0.2, -0.15) is 0 Å². The van der Waals surface area contributed by atoms with Gasteiger partial charge in [0.2, 0.25) is 11.8 Å². The van der Waals surface area contributed by atoms with Crippen LogP contribution in [-0.4, -0.2) is 31.4 Å². The van der Waals surface area contributed by atoms with E-state index in [0.29, 0.717) is 0 Å². The summed E-state index contributed by atoms with van der Waals surface area (Å²) in [5, 5.41) is 4.83. The SMILES string of the molecule is CNC(=O)CNC(=O)C(N)C(C)C. The lowest BCUT2D eigenvalue weighted by Gasteiger charge is -2.14. The van der Waals surface area contributed by atoms with Crippen LogP contribution in [0.2, 0.25) is 0 Å². The molecule has 0 spiro atoms. The van der Waals surface area contributed by atoms with Gasteiger partial charge in [-0.3, -0.25) is 9.59 Å². The molecule has 0 radical (unpaired) electrons. The van der Waals surface area contributed by atoms with Gasteiger partial charge < -0.3 is 16.4 Å². The normalized spacial score (nSPS) is 12.4. The van der Waals surface area contributed by atoms with Crippen molar-refractivity contribution in [2.45, 2.75) is 19.9 Å². The number of rotatable bonds is 4. The Labute approximate surface area is 78.1 Å². The first-order valence-corrected chi connectivity index (χ1v) is 4.23. The smallest absolute Gasteiger partial charge is 0.239 e. The lowest BCUT2D eigenvalue weighted by molar-refractivity contribution is -0.127. The molecule has 0 fully saturated rings. The second-order valence-electron chi connectivity index (χ2n) is 3.16. The second kappa shape index (κ2) is 5.53. The summed E-state index contributed by atoms with van der Waals surface area (Å²) in [4.78, 5) is 21.9. The fraction of sp³-hybridized carbons (Fsp3) is 0.750. The maximum absolute atomic E-state index is 11.2. The minimum atomic E-state index is -0.551. The number of likely N-dealkylation sites (N-methyl/N-ethyl adjacent to an activating group) is 1. The van der Waals surface area contributed by atoms with E-state index in [1.54, 1.807) is 0 Å². The average Bonchev–Trinajstić information content (AvgIpc) is 2.11. The Morgan fingerprint density at radius 1 is 1.38 bits per heavy atom. The summed E-state index contributed by atoms with van der Waals surface area (Å²) in [6.07, 6.45) is 0. The Balaban J connectivity index is 3.81. The fourth-order valence-electron chi connectivity index (χ4n) is 0.676. The third-order valence-corrected chi connectivity index (χ3v) is 1.72. The summed E-state index contributed by atoms with van der Waals surface area (Å²) in [5.74, 6) is -0.451. The Morgan fingerprint density at radius 3 is 2.31 bits per heavy atom. The Morgan fingerprint density at radius 2 is 1.92 bits per heavy atom. The summed E-state index contributed by atoms with van der Waals surface area (Å²) in [5.41, 5.74) is 5.54. The van der Waals surface area contributed by atoms with Gasteiger partial charge in [-0.25, -0.2) is 0 Å². The monoisotopic (exact) mass is 187 g/mol. The van der Waals surface area contributed by atoms with Crippen LogP contribution < -0.4 is 16.4 Å². The van der Waals surface area contributed by atoms with Crippen molar-refractivity contribution in [1.82, 2.24) is 10.6 Å². The zero-order valence-corrected chi connectivity index (χ0v) is 8.26. The molecule has 0 aliphatic carbocycles. The quantitative estimate of drug-likeness (QED) is 0.518. The van der Waals surface area contributed by atoms with Crippen LogP contribution in [0.3, 0.4) is 0 Å². The van der Waals surface area contributed by atoms with Gasteiger partial charge in [-0.1, -0.05) is 13.8 Å². The molecule has 76 valence electrons. The topological polar surface area (TPSA) is 84.2 Å². The largest absolute Gasteiger partial charge is 0.358 e. The van der Waals surface area contributed by atoms with Crippen LogP contribution in [0.1, 0.15) is 13.8 Å². The van der Waals surface area contributed by atoms with E-state index in [1.165, 1.54) is 7.05 Å². The number of nitrogens with two attached hydrogens (primary N) is 1. The second-order valence-corrected chi connectivity index (χ2v) is 3.16. The number of hydrogen-bond acceptors (Lipinski definition) is 3. The van der Waals surface area contributed by atoms with Crippen molar-refractivity contribution in [3.05, 3.63) is 0 Å². The molecule has 0 aliphatic rings. The predicted octanol–water partition coefficient (Wildman–Crippen LogP) is -1.17. The van der Waals surface area contributed by atoms with Crippen LogP contribution in [0.15, 0.2) is 0 Å². The minimum Gasteiger partial charge on any atom is -0.358 e. The first kappa shape index (κ1) is 11.9. The van der Waals surface area contributed by atoms with Crippen molar-refractivity contribution >= 4 is 11.8 Å². The molecule has 1 unspecified atom stereocenters. The summed E-state index contributed by atoms with van der Waals surface area (Å²) in [6, 6.07) is -0.551. The van der Waals surface area contributed by atoms with E-state index in [4.69, 9.17) is 5.73 Å². The zero-order valence-electron chi connectivity index (χ0n) is 8.26. The molecule has 0 aromatic heterocycles. The molecule has 0 aromatic carbocycles. The van der Waals surface area contributed by atoms with Crippen LogP contribution in [0.25, 0.3) is 0 Å². The molecular formula is C8H17N3O2. The lowest BCUT2D eigenvalue weighted by atomic mass is 10.1. The van der Waals surface area contributed by atoms with Crippen molar-refractivity contribution in [3.8, 4) is 0 Å². The van der Waals surface area contributed by atoms with Gasteiger partial charge in [0.05, 0.1) is 12.6 Å². The van der Waals surface area contributed by atoms with Gasteiger partial charge in [0.25, 0.3) is 0 Å². The molecule has 13 heavy (non-hydrogen) atoms. The van der Waals surface area contributed by atoms with E-state index >= 15 is 0 Å². The third kappa shape index (κ3) is 4.47. The van der Waals surface area contributed by atoms with Gasteiger partial charge >= 0.3 is 0 Å². The standard InChI is InChI=1S/C8H17N3O2/c1-5(2)7(9)8(13)11-4-6(12)10-3/h5,7H,4,9H2,1-3H3,(H,10,12)(H,11,13). The first-order chi connectivity index (χ1) is 5.99. The molecule has 0 heterocycles. The highest BCUT2D eigenvalue weighted by atomic mass is 16.2. The van der Waals surface area contributed by atoms with Crippen molar-refractivity contribution < 1.29 is 9.59 Å². The summed E-state index contributed by atoms with van der Waals surface area (Å²) in [6.45, 7) is 3.68. The fourth-order valence-corrected chi connectivity index (χ4v) is 0.676. The van der Waals surface area contributed by atoms with Crippen LogP contribution in [0.5, 0.6) is 0 Å². The van der Waals surface area contributed by atoms with Crippen molar-refractivity contribution in [1.29, 1.82) is 0 Å². The number of carbonyl (C=O) groups excluding carboxylic acids is 2. The van der Waals surface area contributed by atoms with Crippen molar-refractivity contribution in [2.75, 3.05) is 13.6 Å². The molecular weight excluding hydrogens is 170 g/mol. The van der Waals surface area contributed by atoms with Gasteiger partial charge in [0, 0.05) is 7.05 Å². The van der Waals surface area contributed by atoms with E-state index in [2.05, 4.69) is 10.6 Å². The molecule has 0 aromatic rings. The van der Waals surface area contributed by atoms with Crippen molar-refractivity contribution in [3.63, 3.8) is 0 Å². The number of amides is 2. The number of hydrogen-bond donors (Lipinski definition) is 3. The van der Waals surface area contributed by atoms with Crippen LogP contribution in [0.4, 0.5) is 0 Å². The van der Waals surface area contributed by atoms with Crippen molar-refractivity contribution in [2.24, 2.45) is 11.7 Å². The Hall–Kier alpha value is -1.10. The summed E-state index contributed by atoms with van der Waals surface area (Å²) in [7, 11) is 1.51. The highest BCUT2D eigenvalue weighted by Gasteiger charge is 2.16. The molecule has 0 saturated carbocycles. The van der Waals surface area contributed by atoms with E-state index in [9.17, 15) is 9.59 Å². The molecule has 0 saturated heterocycles. The van der Waals surface area contributed by atoms with Crippen LogP contribution in [0, 0.1) is 5.92 Å². The highest BCUT2D eigenvalue weighted by molar-refractivity contribution is 5.87. The third-order valence-electron chi connectivity index (χ3n) is 1.72. The Kier molecular flexibility index (Phi) is 5.06. The molecule has 5 nitrogen and oxygen atoms in total.